The number of carbonyl (C=O) groups is 1. The topological polar surface area (TPSA) is 60.1 Å². The molecule has 0 aliphatic carbocycles. The third kappa shape index (κ3) is 2.62. The van der Waals surface area contributed by atoms with Crippen LogP contribution in [0.25, 0.3) is 11.0 Å². The number of nitrogens with one attached hydrogen (secondary N) is 1. The normalized spacial score (nSPS) is 12.5. The molecule has 0 radical (unpaired) electrons. The predicted molar refractivity (Wildman–Crippen MR) is 84.6 cm³/mol. The van der Waals surface area contributed by atoms with Crippen molar-refractivity contribution in [2.75, 3.05) is 0 Å². The second kappa shape index (κ2) is 6.05. The van der Waals surface area contributed by atoms with E-state index in [0.717, 1.165) is 29.8 Å². The van der Waals surface area contributed by atoms with Crippen molar-refractivity contribution < 1.29 is 9.21 Å². The monoisotopic (exact) mass is 297 g/mol. The molecule has 0 saturated heterocycles. The number of amides is 1. The fourth-order valence-electron chi connectivity index (χ4n) is 2.62. The maximum absolute atomic E-state index is 12.1. The number of nitrogens with zero attached hydrogens (tertiary/aromatic N) is 2. The third-order valence-corrected chi connectivity index (χ3v) is 3.61. The second-order valence-electron chi connectivity index (χ2n) is 5.28. The Morgan fingerprint density at radius 2 is 2.14 bits per heavy atom. The number of hydrogen-bond donors (Lipinski definition) is 1. The fourth-order valence-corrected chi connectivity index (χ4v) is 2.62. The number of para-hydroxylation sites is 2. The Labute approximate surface area is 129 Å². The lowest BCUT2D eigenvalue weighted by atomic mass is 10.3. The van der Waals surface area contributed by atoms with Crippen molar-refractivity contribution in [3.05, 3.63) is 54.2 Å². The van der Waals surface area contributed by atoms with Gasteiger partial charge in [-0.1, -0.05) is 19.1 Å². The molecule has 0 aliphatic heterocycles. The van der Waals surface area contributed by atoms with E-state index >= 15 is 0 Å². The van der Waals surface area contributed by atoms with E-state index in [1.807, 2.05) is 25.1 Å². The Balaban J connectivity index is 1.91. The number of rotatable bonds is 5. The first-order chi connectivity index (χ1) is 10.7. The molecular weight excluding hydrogens is 278 g/mol. The number of benzene rings is 1. The molecule has 1 aromatic carbocycles. The van der Waals surface area contributed by atoms with Gasteiger partial charge in [0.1, 0.15) is 5.82 Å². The smallest absolute Gasteiger partial charge is 0.287 e. The molecular formula is C17H19N3O2. The Bertz CT molecular complexity index is 774. The first-order valence-corrected chi connectivity index (χ1v) is 7.50. The minimum atomic E-state index is -0.229. The maximum atomic E-state index is 12.1. The summed E-state index contributed by atoms with van der Waals surface area (Å²) in [6.07, 6.45) is 2.50. The molecule has 0 aliphatic rings. The summed E-state index contributed by atoms with van der Waals surface area (Å²) < 4.78 is 7.30. The lowest BCUT2D eigenvalue weighted by molar-refractivity contribution is 0.0909. The van der Waals surface area contributed by atoms with E-state index in [2.05, 4.69) is 27.9 Å². The predicted octanol–water partition coefficient (Wildman–Crippen LogP) is 3.53. The highest BCUT2D eigenvalue weighted by Crippen LogP contribution is 2.21. The molecule has 1 unspecified atom stereocenters. The van der Waals surface area contributed by atoms with Crippen molar-refractivity contribution in [1.82, 2.24) is 14.9 Å². The zero-order valence-corrected chi connectivity index (χ0v) is 12.7. The van der Waals surface area contributed by atoms with Gasteiger partial charge in [0, 0.05) is 6.54 Å². The molecule has 1 atom stereocenters. The highest BCUT2D eigenvalue weighted by Gasteiger charge is 2.19. The summed E-state index contributed by atoms with van der Waals surface area (Å²) in [6, 6.07) is 11.2. The van der Waals surface area contributed by atoms with E-state index in [4.69, 9.17) is 4.42 Å². The molecule has 1 N–H and O–H groups in total. The number of imidazole rings is 1. The number of carbonyl (C=O) groups excluding carboxylic acids is 1. The van der Waals surface area contributed by atoms with E-state index in [9.17, 15) is 4.79 Å². The van der Waals surface area contributed by atoms with Gasteiger partial charge in [-0.25, -0.2) is 4.98 Å². The van der Waals surface area contributed by atoms with Crippen molar-refractivity contribution in [3.63, 3.8) is 0 Å². The van der Waals surface area contributed by atoms with Crippen LogP contribution in [0.3, 0.4) is 0 Å². The molecule has 3 rings (SSSR count). The van der Waals surface area contributed by atoms with E-state index in [-0.39, 0.29) is 11.9 Å². The largest absolute Gasteiger partial charge is 0.459 e. The van der Waals surface area contributed by atoms with Crippen molar-refractivity contribution >= 4 is 16.9 Å². The number of fused-ring (bicyclic) bond motifs is 1. The molecule has 2 aromatic heterocycles. The SMILES string of the molecule is CCCn1c(C(C)NC(=O)c2ccco2)nc2ccccc21. The molecule has 2 heterocycles. The van der Waals surface area contributed by atoms with Gasteiger partial charge >= 0.3 is 0 Å². The zero-order valence-electron chi connectivity index (χ0n) is 12.7. The van der Waals surface area contributed by atoms with Crippen LogP contribution >= 0.6 is 0 Å². The van der Waals surface area contributed by atoms with Crippen molar-refractivity contribution in [2.45, 2.75) is 32.9 Å². The summed E-state index contributed by atoms with van der Waals surface area (Å²) in [7, 11) is 0. The lowest BCUT2D eigenvalue weighted by Gasteiger charge is -2.15. The highest BCUT2D eigenvalue weighted by atomic mass is 16.3. The van der Waals surface area contributed by atoms with E-state index in [1.54, 1.807) is 12.1 Å². The minimum absolute atomic E-state index is 0.198. The number of aryl methyl sites for hydroxylation is 1. The average molecular weight is 297 g/mol. The Kier molecular flexibility index (Phi) is 3.96. The number of hydrogen-bond acceptors (Lipinski definition) is 3. The molecule has 22 heavy (non-hydrogen) atoms. The minimum Gasteiger partial charge on any atom is -0.459 e. The van der Waals surface area contributed by atoms with Gasteiger partial charge in [0.15, 0.2) is 5.76 Å². The summed E-state index contributed by atoms with van der Waals surface area (Å²) in [4.78, 5) is 16.8. The molecule has 0 saturated carbocycles. The van der Waals surface area contributed by atoms with Crippen LogP contribution in [0.1, 0.15) is 42.7 Å². The molecule has 0 spiro atoms. The molecule has 3 aromatic rings. The van der Waals surface area contributed by atoms with E-state index in [1.165, 1.54) is 6.26 Å². The zero-order chi connectivity index (χ0) is 15.5. The lowest BCUT2D eigenvalue weighted by Crippen LogP contribution is -2.28. The molecule has 0 fully saturated rings. The van der Waals surface area contributed by atoms with Gasteiger partial charge in [0.05, 0.1) is 23.3 Å². The second-order valence-corrected chi connectivity index (χ2v) is 5.28. The third-order valence-electron chi connectivity index (χ3n) is 3.61. The van der Waals surface area contributed by atoms with Gasteiger partial charge in [-0.15, -0.1) is 0 Å². The van der Waals surface area contributed by atoms with Crippen LogP contribution in [-0.4, -0.2) is 15.5 Å². The van der Waals surface area contributed by atoms with Gasteiger partial charge in [-0.2, -0.15) is 0 Å². The Morgan fingerprint density at radius 3 is 2.86 bits per heavy atom. The Hall–Kier alpha value is -2.56. The first kappa shape index (κ1) is 14.4. The van der Waals surface area contributed by atoms with Crippen LogP contribution in [0.15, 0.2) is 47.1 Å². The van der Waals surface area contributed by atoms with Crippen molar-refractivity contribution in [2.24, 2.45) is 0 Å². The van der Waals surface area contributed by atoms with Gasteiger partial charge in [-0.05, 0) is 37.6 Å². The molecule has 0 bridgehead atoms. The molecule has 5 heteroatoms. The van der Waals surface area contributed by atoms with Crippen LogP contribution in [-0.2, 0) is 6.54 Å². The van der Waals surface area contributed by atoms with Crippen LogP contribution < -0.4 is 5.32 Å². The van der Waals surface area contributed by atoms with Gasteiger partial charge in [-0.3, -0.25) is 4.79 Å². The molecule has 1 amide bonds. The van der Waals surface area contributed by atoms with Crippen LogP contribution in [0, 0.1) is 0 Å². The molecule has 114 valence electrons. The van der Waals surface area contributed by atoms with E-state index in [0.29, 0.717) is 5.76 Å². The summed E-state index contributed by atoms with van der Waals surface area (Å²) in [6.45, 7) is 4.94. The Morgan fingerprint density at radius 1 is 1.32 bits per heavy atom. The summed E-state index contributed by atoms with van der Waals surface area (Å²) in [5.74, 6) is 0.945. The van der Waals surface area contributed by atoms with Gasteiger partial charge in [0.2, 0.25) is 0 Å². The first-order valence-electron chi connectivity index (χ1n) is 7.50. The quantitative estimate of drug-likeness (QED) is 0.783. The summed E-state index contributed by atoms with van der Waals surface area (Å²) in [5.41, 5.74) is 2.04. The number of furan rings is 1. The highest BCUT2D eigenvalue weighted by molar-refractivity contribution is 5.91. The number of aromatic nitrogens is 2. The van der Waals surface area contributed by atoms with Crippen LogP contribution in [0.2, 0.25) is 0 Å². The summed E-state index contributed by atoms with van der Waals surface area (Å²) in [5, 5.41) is 2.94. The van der Waals surface area contributed by atoms with Crippen LogP contribution in [0.4, 0.5) is 0 Å². The van der Waals surface area contributed by atoms with Crippen molar-refractivity contribution in [3.8, 4) is 0 Å². The molecule has 5 nitrogen and oxygen atoms in total. The standard InChI is InChI=1S/C17H19N3O2/c1-3-10-20-14-8-5-4-7-13(14)19-16(20)12(2)18-17(21)15-9-6-11-22-15/h4-9,11-12H,3,10H2,1-2H3,(H,18,21). The van der Waals surface area contributed by atoms with E-state index < -0.39 is 0 Å². The van der Waals surface area contributed by atoms with Crippen molar-refractivity contribution in [1.29, 1.82) is 0 Å². The van der Waals surface area contributed by atoms with Gasteiger partial charge in [0.25, 0.3) is 5.91 Å². The van der Waals surface area contributed by atoms with Crippen LogP contribution in [0.5, 0.6) is 0 Å². The maximum Gasteiger partial charge on any atom is 0.287 e. The average Bonchev–Trinajstić information content (AvgIpc) is 3.16. The fraction of sp³-hybridized carbons (Fsp3) is 0.294. The summed E-state index contributed by atoms with van der Waals surface area (Å²) >= 11 is 0. The van der Waals surface area contributed by atoms with Gasteiger partial charge < -0.3 is 14.3 Å².